The van der Waals surface area contributed by atoms with E-state index >= 15 is 4.39 Å². The van der Waals surface area contributed by atoms with Crippen molar-refractivity contribution in [2.24, 2.45) is 0 Å². The molecular formula is C27H33FN4O7. The number of rotatable bonds is 5. The molecule has 2 aliphatic rings. The third-order valence-electron chi connectivity index (χ3n) is 6.14. The SMILES string of the molecule is CC(C)(C)OC(=O)N1CCN(c2ccc(N3C[C@H](CO)OC3=O)cc2F)CCN1C(=O)OCc1ccccc1. The van der Waals surface area contributed by atoms with Crippen molar-refractivity contribution in [3.8, 4) is 0 Å². The minimum atomic E-state index is -0.795. The summed E-state index contributed by atoms with van der Waals surface area (Å²) in [4.78, 5) is 41.2. The van der Waals surface area contributed by atoms with Gasteiger partial charge in [-0.05, 0) is 44.5 Å². The number of halogens is 1. The molecule has 11 nitrogen and oxygen atoms in total. The van der Waals surface area contributed by atoms with Gasteiger partial charge in [-0.3, -0.25) is 4.90 Å². The first kappa shape index (κ1) is 28.0. The van der Waals surface area contributed by atoms with Crippen LogP contribution in [0.15, 0.2) is 48.5 Å². The zero-order chi connectivity index (χ0) is 28.2. The Morgan fingerprint density at radius 1 is 1.03 bits per heavy atom. The number of carbonyl (C=O) groups excluding carboxylic acids is 3. The van der Waals surface area contributed by atoms with Gasteiger partial charge in [-0.15, -0.1) is 0 Å². The molecule has 39 heavy (non-hydrogen) atoms. The van der Waals surface area contributed by atoms with Crippen molar-refractivity contribution >= 4 is 29.7 Å². The van der Waals surface area contributed by atoms with Crippen molar-refractivity contribution in [2.45, 2.75) is 39.1 Å². The van der Waals surface area contributed by atoms with Crippen LogP contribution in [0.1, 0.15) is 26.3 Å². The van der Waals surface area contributed by atoms with Crippen LogP contribution in [0.2, 0.25) is 0 Å². The highest BCUT2D eigenvalue weighted by Crippen LogP contribution is 2.29. The Morgan fingerprint density at radius 2 is 1.69 bits per heavy atom. The molecule has 3 amide bonds. The third-order valence-corrected chi connectivity index (χ3v) is 6.14. The molecule has 12 heteroatoms. The zero-order valence-electron chi connectivity index (χ0n) is 22.2. The van der Waals surface area contributed by atoms with E-state index in [1.807, 2.05) is 30.3 Å². The number of carbonyl (C=O) groups is 3. The van der Waals surface area contributed by atoms with Crippen molar-refractivity contribution in [2.75, 3.05) is 49.1 Å². The summed E-state index contributed by atoms with van der Waals surface area (Å²) in [6.45, 7) is 5.46. The van der Waals surface area contributed by atoms with Crippen molar-refractivity contribution in [1.29, 1.82) is 0 Å². The highest BCUT2D eigenvalue weighted by molar-refractivity contribution is 5.90. The lowest BCUT2D eigenvalue weighted by molar-refractivity contribution is -0.0421. The summed E-state index contributed by atoms with van der Waals surface area (Å²) in [7, 11) is 0. The first-order valence-electron chi connectivity index (χ1n) is 12.7. The van der Waals surface area contributed by atoms with Crippen LogP contribution >= 0.6 is 0 Å². The fraction of sp³-hybridized carbons (Fsp3) is 0.444. The van der Waals surface area contributed by atoms with E-state index in [9.17, 15) is 19.5 Å². The summed E-state index contributed by atoms with van der Waals surface area (Å²) in [5, 5.41) is 11.6. The second-order valence-corrected chi connectivity index (χ2v) is 10.2. The van der Waals surface area contributed by atoms with Crippen LogP contribution in [0.25, 0.3) is 0 Å². The van der Waals surface area contributed by atoms with E-state index in [0.29, 0.717) is 5.69 Å². The fourth-order valence-electron chi connectivity index (χ4n) is 4.26. The van der Waals surface area contributed by atoms with Gasteiger partial charge in [0.15, 0.2) is 0 Å². The smallest absolute Gasteiger partial charge is 0.429 e. The maximum atomic E-state index is 15.3. The molecule has 0 saturated carbocycles. The molecule has 0 aromatic heterocycles. The predicted octanol–water partition coefficient (Wildman–Crippen LogP) is 3.75. The van der Waals surface area contributed by atoms with E-state index in [1.54, 1.807) is 31.7 Å². The highest BCUT2D eigenvalue weighted by Gasteiger charge is 2.35. The van der Waals surface area contributed by atoms with Gasteiger partial charge in [-0.25, -0.2) is 28.8 Å². The molecule has 0 unspecified atom stereocenters. The maximum Gasteiger partial charge on any atom is 0.429 e. The summed E-state index contributed by atoms with van der Waals surface area (Å²) in [5.41, 5.74) is 0.541. The largest absolute Gasteiger partial charge is 0.443 e. The van der Waals surface area contributed by atoms with E-state index in [-0.39, 0.29) is 51.6 Å². The first-order chi connectivity index (χ1) is 18.6. The Hall–Kier alpha value is -4.06. The van der Waals surface area contributed by atoms with Crippen molar-refractivity contribution in [3.63, 3.8) is 0 Å². The Morgan fingerprint density at radius 3 is 2.28 bits per heavy atom. The fourth-order valence-corrected chi connectivity index (χ4v) is 4.26. The molecule has 0 aliphatic carbocycles. The molecule has 1 atom stereocenters. The highest BCUT2D eigenvalue weighted by atomic mass is 19.1. The Labute approximate surface area is 226 Å². The summed E-state index contributed by atoms with van der Waals surface area (Å²) in [6.07, 6.45) is -2.78. The number of hydrazine groups is 1. The van der Waals surface area contributed by atoms with Gasteiger partial charge in [-0.2, -0.15) is 0 Å². The molecule has 2 aliphatic heterocycles. The average molecular weight is 545 g/mol. The van der Waals surface area contributed by atoms with E-state index in [2.05, 4.69) is 0 Å². The topological polar surface area (TPSA) is 112 Å². The quantitative estimate of drug-likeness (QED) is 0.567. The van der Waals surface area contributed by atoms with Crippen LogP contribution in [0.3, 0.4) is 0 Å². The van der Waals surface area contributed by atoms with Crippen LogP contribution in [-0.2, 0) is 20.8 Å². The number of aliphatic hydroxyl groups excluding tert-OH is 1. The number of amides is 3. The molecular weight excluding hydrogens is 511 g/mol. The molecule has 4 rings (SSSR count). The molecule has 2 heterocycles. The lowest BCUT2D eigenvalue weighted by Gasteiger charge is -2.33. The molecule has 0 bridgehead atoms. The van der Waals surface area contributed by atoms with Crippen LogP contribution < -0.4 is 9.80 Å². The normalized spacial score (nSPS) is 18.1. The second kappa shape index (κ2) is 11.8. The predicted molar refractivity (Wildman–Crippen MR) is 140 cm³/mol. The summed E-state index contributed by atoms with van der Waals surface area (Å²) in [6, 6.07) is 13.5. The summed E-state index contributed by atoms with van der Waals surface area (Å²) >= 11 is 0. The zero-order valence-corrected chi connectivity index (χ0v) is 22.2. The Bertz CT molecular complexity index is 1190. The van der Waals surface area contributed by atoms with E-state index in [4.69, 9.17) is 14.2 Å². The molecule has 2 saturated heterocycles. The van der Waals surface area contributed by atoms with Gasteiger partial charge in [-0.1, -0.05) is 30.3 Å². The van der Waals surface area contributed by atoms with E-state index in [0.717, 1.165) is 5.56 Å². The molecule has 2 aromatic rings. The van der Waals surface area contributed by atoms with Gasteiger partial charge >= 0.3 is 18.3 Å². The van der Waals surface area contributed by atoms with Crippen LogP contribution in [-0.4, -0.2) is 84.4 Å². The number of benzene rings is 2. The Balaban J connectivity index is 1.50. The number of hydrogen-bond donors (Lipinski definition) is 1. The van der Waals surface area contributed by atoms with Gasteiger partial charge in [0.05, 0.1) is 37.6 Å². The maximum absolute atomic E-state index is 15.3. The Kier molecular flexibility index (Phi) is 8.44. The summed E-state index contributed by atoms with van der Waals surface area (Å²) in [5.74, 6) is -0.586. The van der Waals surface area contributed by atoms with Gasteiger partial charge in [0, 0.05) is 13.1 Å². The molecule has 210 valence electrons. The van der Waals surface area contributed by atoms with Gasteiger partial charge in [0.25, 0.3) is 0 Å². The van der Waals surface area contributed by atoms with Gasteiger partial charge in [0.2, 0.25) is 0 Å². The second-order valence-electron chi connectivity index (χ2n) is 10.2. The number of ether oxygens (including phenoxy) is 3. The van der Waals surface area contributed by atoms with E-state index < -0.39 is 35.8 Å². The molecule has 2 aromatic carbocycles. The van der Waals surface area contributed by atoms with Crippen LogP contribution in [0, 0.1) is 5.82 Å². The molecule has 0 radical (unpaired) electrons. The van der Waals surface area contributed by atoms with Crippen molar-refractivity contribution in [1.82, 2.24) is 10.0 Å². The lowest BCUT2D eigenvalue weighted by Crippen LogP contribution is -2.52. The summed E-state index contributed by atoms with van der Waals surface area (Å²) < 4.78 is 31.3. The number of cyclic esters (lactones) is 1. The molecule has 1 N–H and O–H groups in total. The van der Waals surface area contributed by atoms with E-state index in [1.165, 1.54) is 27.1 Å². The van der Waals surface area contributed by atoms with Crippen LogP contribution in [0.4, 0.5) is 30.1 Å². The lowest BCUT2D eigenvalue weighted by atomic mass is 10.2. The van der Waals surface area contributed by atoms with Crippen molar-refractivity contribution < 1.29 is 38.1 Å². The monoisotopic (exact) mass is 544 g/mol. The number of hydrogen-bond acceptors (Lipinski definition) is 8. The van der Waals surface area contributed by atoms with Crippen molar-refractivity contribution in [3.05, 3.63) is 59.9 Å². The average Bonchev–Trinajstić information content (AvgIpc) is 3.13. The minimum Gasteiger partial charge on any atom is -0.443 e. The number of nitrogens with zero attached hydrogens (tertiary/aromatic N) is 4. The molecule has 0 spiro atoms. The minimum absolute atomic E-state index is 0.0220. The number of aliphatic hydroxyl groups is 1. The van der Waals surface area contributed by atoms with Gasteiger partial charge < -0.3 is 24.2 Å². The first-order valence-corrected chi connectivity index (χ1v) is 12.7. The molecule has 2 fully saturated rings. The third kappa shape index (κ3) is 6.88. The van der Waals surface area contributed by atoms with Gasteiger partial charge in [0.1, 0.15) is 24.1 Å². The number of anilines is 2. The standard InChI is InChI=1S/C27H33FN4O7/c1-27(2,3)39-26(36)32-14-12-29(11-13-31(32)25(35)37-18-19-7-5-4-6-8-19)23-10-9-20(15-22(23)28)30-16-21(17-33)38-24(30)34/h4-10,15,21,33H,11-14,16-18H2,1-3H3/t21-/m1/s1. The van der Waals surface area contributed by atoms with Crippen LogP contribution in [0.5, 0.6) is 0 Å².